The van der Waals surface area contributed by atoms with Crippen molar-refractivity contribution in [1.82, 2.24) is 9.97 Å². The summed E-state index contributed by atoms with van der Waals surface area (Å²) in [7, 11) is 1.94. The van der Waals surface area contributed by atoms with Crippen LogP contribution >= 0.6 is 11.6 Å². The number of anilines is 1. The van der Waals surface area contributed by atoms with Gasteiger partial charge in [-0.1, -0.05) is 36.9 Å². The maximum Gasteiger partial charge on any atom is 0.134 e. The summed E-state index contributed by atoms with van der Waals surface area (Å²) in [6.07, 6.45) is 6.78. The predicted octanol–water partition coefficient (Wildman–Crippen LogP) is 4.28. The van der Waals surface area contributed by atoms with Gasteiger partial charge in [0.1, 0.15) is 16.7 Å². The SMILES string of the molecule is CNc1ccc2c(c1)CCCCCCC(N)c1nc-2c(Cl)[nH]1. The van der Waals surface area contributed by atoms with E-state index in [4.69, 9.17) is 17.3 Å². The molecule has 1 aliphatic rings. The van der Waals surface area contributed by atoms with E-state index in [1.807, 2.05) is 7.05 Å². The summed E-state index contributed by atoms with van der Waals surface area (Å²) in [6.45, 7) is 0. The molecular formula is C17H23ClN4. The van der Waals surface area contributed by atoms with Gasteiger partial charge in [0.15, 0.2) is 0 Å². The fourth-order valence-electron chi connectivity index (χ4n) is 3.08. The molecule has 22 heavy (non-hydrogen) atoms. The van der Waals surface area contributed by atoms with E-state index < -0.39 is 0 Å². The molecule has 0 saturated heterocycles. The second-order valence-electron chi connectivity index (χ2n) is 5.97. The summed E-state index contributed by atoms with van der Waals surface area (Å²) >= 11 is 6.40. The molecule has 3 rings (SSSR count). The van der Waals surface area contributed by atoms with Gasteiger partial charge in [-0.25, -0.2) is 4.98 Å². The Kier molecular flexibility index (Phi) is 4.69. The van der Waals surface area contributed by atoms with Gasteiger partial charge < -0.3 is 16.0 Å². The number of imidazole rings is 1. The van der Waals surface area contributed by atoms with E-state index in [0.29, 0.717) is 5.15 Å². The van der Waals surface area contributed by atoms with E-state index >= 15 is 0 Å². The van der Waals surface area contributed by atoms with Crippen LogP contribution in [0.5, 0.6) is 0 Å². The van der Waals surface area contributed by atoms with Crippen LogP contribution in [-0.4, -0.2) is 17.0 Å². The van der Waals surface area contributed by atoms with Crippen LogP contribution in [0.4, 0.5) is 5.69 Å². The number of rotatable bonds is 1. The minimum atomic E-state index is -0.0642. The van der Waals surface area contributed by atoms with Crippen molar-refractivity contribution in [3.8, 4) is 11.3 Å². The largest absolute Gasteiger partial charge is 0.388 e. The number of aryl methyl sites for hydroxylation is 1. The van der Waals surface area contributed by atoms with Crippen molar-refractivity contribution in [2.24, 2.45) is 5.73 Å². The van der Waals surface area contributed by atoms with Crippen LogP contribution in [0.2, 0.25) is 5.15 Å². The van der Waals surface area contributed by atoms with Gasteiger partial charge in [-0.3, -0.25) is 0 Å². The summed E-state index contributed by atoms with van der Waals surface area (Å²) in [6, 6.07) is 6.30. The number of nitrogens with two attached hydrogens (primary N) is 1. The molecular weight excluding hydrogens is 296 g/mol. The lowest BCUT2D eigenvalue weighted by Crippen LogP contribution is -2.12. The number of nitrogens with zero attached hydrogens (tertiary/aromatic N) is 1. The summed E-state index contributed by atoms with van der Waals surface area (Å²) in [5.41, 5.74) is 10.6. The third kappa shape index (κ3) is 3.13. The topological polar surface area (TPSA) is 66.7 Å². The number of nitrogens with one attached hydrogen (secondary N) is 2. The van der Waals surface area contributed by atoms with Crippen molar-refractivity contribution in [2.45, 2.75) is 44.6 Å². The molecule has 0 fully saturated rings. The predicted molar refractivity (Wildman–Crippen MR) is 92.3 cm³/mol. The van der Waals surface area contributed by atoms with E-state index in [1.165, 1.54) is 24.8 Å². The highest BCUT2D eigenvalue weighted by atomic mass is 35.5. The van der Waals surface area contributed by atoms with E-state index in [1.54, 1.807) is 0 Å². The molecule has 4 N–H and O–H groups in total. The van der Waals surface area contributed by atoms with E-state index in [0.717, 1.165) is 42.0 Å². The third-order valence-electron chi connectivity index (χ3n) is 4.39. The van der Waals surface area contributed by atoms with Crippen LogP contribution in [0.1, 0.15) is 49.5 Å². The fraction of sp³-hybridized carbons (Fsp3) is 0.471. The monoisotopic (exact) mass is 318 g/mol. The zero-order chi connectivity index (χ0) is 15.5. The van der Waals surface area contributed by atoms with Crippen molar-refractivity contribution in [3.05, 3.63) is 34.7 Å². The van der Waals surface area contributed by atoms with Crippen molar-refractivity contribution in [1.29, 1.82) is 0 Å². The molecule has 2 aromatic rings. The van der Waals surface area contributed by atoms with Gasteiger partial charge in [-0.05, 0) is 37.0 Å². The van der Waals surface area contributed by atoms with Crippen LogP contribution < -0.4 is 11.1 Å². The van der Waals surface area contributed by atoms with Gasteiger partial charge >= 0.3 is 0 Å². The highest BCUT2D eigenvalue weighted by Gasteiger charge is 2.18. The van der Waals surface area contributed by atoms with Crippen LogP contribution in [-0.2, 0) is 6.42 Å². The Bertz CT molecular complexity index is 650. The van der Waals surface area contributed by atoms with E-state index in [-0.39, 0.29) is 6.04 Å². The molecule has 2 bridgehead atoms. The standard InChI is InChI=1S/C17H23ClN4/c1-20-12-8-9-13-11(10-12)6-4-2-3-5-7-14(19)17-21-15(13)16(18)22-17/h8-10,14,20H,2-7,19H2,1H3,(H,21,22). The highest BCUT2D eigenvalue weighted by molar-refractivity contribution is 6.32. The number of benzene rings is 1. The minimum Gasteiger partial charge on any atom is -0.388 e. The molecule has 1 atom stereocenters. The number of halogens is 1. The molecule has 1 aromatic carbocycles. The lowest BCUT2D eigenvalue weighted by molar-refractivity contribution is 0.543. The molecule has 118 valence electrons. The Labute approximate surface area is 136 Å². The van der Waals surface area contributed by atoms with Gasteiger partial charge in [0, 0.05) is 18.3 Å². The Balaban J connectivity index is 2.07. The molecule has 0 radical (unpaired) electrons. The van der Waals surface area contributed by atoms with Gasteiger partial charge in [-0.2, -0.15) is 0 Å². The number of H-pyrrole nitrogens is 1. The molecule has 4 nitrogen and oxygen atoms in total. The van der Waals surface area contributed by atoms with Crippen LogP contribution in [0, 0.1) is 0 Å². The van der Waals surface area contributed by atoms with Gasteiger partial charge in [0.05, 0.1) is 6.04 Å². The molecule has 5 heteroatoms. The lowest BCUT2D eigenvalue weighted by atomic mass is 9.97. The first-order valence-corrected chi connectivity index (χ1v) is 8.39. The first-order chi connectivity index (χ1) is 10.7. The van der Waals surface area contributed by atoms with E-state index in [2.05, 4.69) is 33.5 Å². The van der Waals surface area contributed by atoms with Crippen molar-refractivity contribution < 1.29 is 0 Å². The molecule has 1 aliphatic heterocycles. The maximum atomic E-state index is 6.40. The van der Waals surface area contributed by atoms with Crippen molar-refractivity contribution >= 4 is 17.3 Å². The number of aromatic nitrogens is 2. The van der Waals surface area contributed by atoms with Gasteiger partial charge in [0.25, 0.3) is 0 Å². The Hall–Kier alpha value is -1.52. The van der Waals surface area contributed by atoms with Crippen molar-refractivity contribution in [2.75, 3.05) is 12.4 Å². The molecule has 0 amide bonds. The lowest BCUT2D eigenvalue weighted by Gasteiger charge is -2.13. The van der Waals surface area contributed by atoms with Crippen LogP contribution in [0.15, 0.2) is 18.2 Å². The third-order valence-corrected chi connectivity index (χ3v) is 4.66. The molecule has 0 saturated carbocycles. The summed E-state index contributed by atoms with van der Waals surface area (Å²) < 4.78 is 0. The molecule has 1 aromatic heterocycles. The maximum absolute atomic E-state index is 6.40. The summed E-state index contributed by atoms with van der Waals surface area (Å²) in [4.78, 5) is 7.85. The van der Waals surface area contributed by atoms with Crippen LogP contribution in [0.3, 0.4) is 0 Å². The molecule has 0 spiro atoms. The zero-order valence-electron chi connectivity index (χ0n) is 13.0. The number of hydrogen-bond acceptors (Lipinski definition) is 3. The van der Waals surface area contributed by atoms with E-state index in [9.17, 15) is 0 Å². The second-order valence-corrected chi connectivity index (χ2v) is 6.34. The smallest absolute Gasteiger partial charge is 0.134 e. The molecule has 0 aliphatic carbocycles. The number of aromatic amines is 1. The number of hydrogen-bond donors (Lipinski definition) is 3. The first kappa shape index (κ1) is 15.4. The Morgan fingerprint density at radius 1 is 1.27 bits per heavy atom. The zero-order valence-corrected chi connectivity index (χ0v) is 13.7. The minimum absolute atomic E-state index is 0.0642. The fourth-order valence-corrected chi connectivity index (χ4v) is 3.32. The summed E-state index contributed by atoms with van der Waals surface area (Å²) in [5.74, 6) is 0.796. The highest BCUT2D eigenvalue weighted by Crippen LogP contribution is 2.33. The Morgan fingerprint density at radius 3 is 2.91 bits per heavy atom. The summed E-state index contributed by atoms with van der Waals surface area (Å²) in [5, 5.41) is 3.79. The van der Waals surface area contributed by atoms with Gasteiger partial charge in [-0.15, -0.1) is 0 Å². The van der Waals surface area contributed by atoms with Crippen LogP contribution in [0.25, 0.3) is 11.3 Å². The number of fused-ring (bicyclic) bond motifs is 4. The normalized spacial score (nSPS) is 19.0. The average Bonchev–Trinajstić information content (AvgIpc) is 2.91. The molecule has 1 unspecified atom stereocenters. The second kappa shape index (κ2) is 6.71. The molecule has 2 heterocycles. The quantitative estimate of drug-likeness (QED) is 0.735. The van der Waals surface area contributed by atoms with Gasteiger partial charge in [0.2, 0.25) is 0 Å². The Morgan fingerprint density at radius 2 is 2.09 bits per heavy atom. The first-order valence-electron chi connectivity index (χ1n) is 8.01. The average molecular weight is 319 g/mol. The van der Waals surface area contributed by atoms with Crippen molar-refractivity contribution in [3.63, 3.8) is 0 Å².